The molecular weight excluding hydrogens is 306 g/mol. The number of benzene rings is 1. The number of hydrogen-bond acceptors (Lipinski definition) is 5. The lowest BCUT2D eigenvalue weighted by atomic mass is 10.2. The Morgan fingerprint density at radius 1 is 1.21 bits per heavy atom. The van der Waals surface area contributed by atoms with E-state index in [0.29, 0.717) is 30.1 Å². The summed E-state index contributed by atoms with van der Waals surface area (Å²) in [6.45, 7) is 6.06. The number of amides is 1. The lowest BCUT2D eigenvalue weighted by Gasteiger charge is -2.08. The molecule has 0 spiro atoms. The molecular formula is C18H19N3O3. The van der Waals surface area contributed by atoms with Crippen molar-refractivity contribution >= 4 is 23.4 Å². The van der Waals surface area contributed by atoms with Crippen LogP contribution in [0.1, 0.15) is 27.6 Å². The number of nitrogens with one attached hydrogen (secondary N) is 2. The van der Waals surface area contributed by atoms with Crippen LogP contribution in [0.4, 0.5) is 11.5 Å². The minimum absolute atomic E-state index is 0.196. The molecule has 0 fully saturated rings. The molecule has 0 radical (unpaired) electrons. The number of hydrogen-bond donors (Lipinski definition) is 2. The first-order valence-electron chi connectivity index (χ1n) is 7.53. The third kappa shape index (κ3) is 4.67. The Hall–Kier alpha value is -3.15. The molecule has 1 heterocycles. The van der Waals surface area contributed by atoms with Crippen LogP contribution in [0.25, 0.3) is 0 Å². The molecule has 2 rings (SSSR count). The molecule has 0 saturated carbocycles. The van der Waals surface area contributed by atoms with E-state index < -0.39 is 0 Å². The fourth-order valence-electron chi connectivity index (χ4n) is 1.96. The summed E-state index contributed by atoms with van der Waals surface area (Å²) in [6.07, 6.45) is 3.17. The molecule has 0 aliphatic rings. The van der Waals surface area contributed by atoms with E-state index in [4.69, 9.17) is 4.74 Å². The number of esters is 1. The van der Waals surface area contributed by atoms with Crippen LogP contribution in [0.15, 0.2) is 55.3 Å². The number of pyridine rings is 1. The van der Waals surface area contributed by atoms with Crippen molar-refractivity contribution in [3.05, 3.63) is 66.4 Å². The molecule has 1 amide bonds. The lowest BCUT2D eigenvalue weighted by molar-refractivity contribution is 0.0526. The summed E-state index contributed by atoms with van der Waals surface area (Å²) in [5.74, 6) is -0.0220. The van der Waals surface area contributed by atoms with Gasteiger partial charge < -0.3 is 15.4 Å². The molecule has 2 N–H and O–H groups in total. The maximum absolute atomic E-state index is 11.9. The van der Waals surface area contributed by atoms with E-state index in [9.17, 15) is 9.59 Å². The summed E-state index contributed by atoms with van der Waals surface area (Å²) >= 11 is 0. The van der Waals surface area contributed by atoms with Gasteiger partial charge in [-0.05, 0) is 43.3 Å². The highest BCUT2D eigenvalue weighted by Gasteiger charge is 2.08. The third-order valence-electron chi connectivity index (χ3n) is 3.10. The molecule has 2 aromatic rings. The zero-order chi connectivity index (χ0) is 17.4. The van der Waals surface area contributed by atoms with Crippen LogP contribution < -0.4 is 10.6 Å². The van der Waals surface area contributed by atoms with Gasteiger partial charge in [0.1, 0.15) is 5.82 Å². The quantitative estimate of drug-likeness (QED) is 0.604. The molecule has 0 aliphatic heterocycles. The van der Waals surface area contributed by atoms with Crippen molar-refractivity contribution in [2.45, 2.75) is 6.92 Å². The predicted octanol–water partition coefficient (Wildman–Crippen LogP) is 2.92. The van der Waals surface area contributed by atoms with Gasteiger partial charge in [-0.25, -0.2) is 9.78 Å². The standard InChI is InChI=1S/C18H19N3O3/c1-3-10-20-17(22)14-9-11-19-16(12-14)21-15-7-5-13(6-8-15)18(23)24-4-2/h3,5-9,11-12H,1,4,10H2,2H3,(H,19,21)(H,20,22). The first-order valence-corrected chi connectivity index (χ1v) is 7.53. The summed E-state index contributed by atoms with van der Waals surface area (Å²) in [4.78, 5) is 27.7. The Labute approximate surface area is 140 Å². The first kappa shape index (κ1) is 17.2. The maximum Gasteiger partial charge on any atom is 0.338 e. The van der Waals surface area contributed by atoms with E-state index in [1.807, 2.05) is 0 Å². The Morgan fingerprint density at radius 2 is 1.96 bits per heavy atom. The van der Waals surface area contributed by atoms with Gasteiger partial charge in [0.15, 0.2) is 0 Å². The van der Waals surface area contributed by atoms with Crippen molar-refractivity contribution in [3.8, 4) is 0 Å². The lowest BCUT2D eigenvalue weighted by Crippen LogP contribution is -2.23. The second kappa shape index (κ2) is 8.47. The zero-order valence-corrected chi connectivity index (χ0v) is 13.4. The molecule has 1 aromatic heterocycles. The number of anilines is 2. The Balaban J connectivity index is 2.07. The Bertz CT molecular complexity index is 727. The van der Waals surface area contributed by atoms with E-state index >= 15 is 0 Å². The van der Waals surface area contributed by atoms with Crippen molar-refractivity contribution in [2.24, 2.45) is 0 Å². The minimum Gasteiger partial charge on any atom is -0.462 e. The molecule has 0 saturated heterocycles. The molecule has 0 unspecified atom stereocenters. The molecule has 6 heteroatoms. The molecule has 0 bridgehead atoms. The van der Waals surface area contributed by atoms with Crippen molar-refractivity contribution < 1.29 is 14.3 Å². The van der Waals surface area contributed by atoms with Gasteiger partial charge in [-0.3, -0.25) is 4.79 Å². The Morgan fingerprint density at radius 3 is 2.62 bits per heavy atom. The number of carbonyl (C=O) groups is 2. The number of aromatic nitrogens is 1. The molecule has 1 aromatic carbocycles. The van der Waals surface area contributed by atoms with Gasteiger partial charge in [-0.15, -0.1) is 6.58 Å². The summed E-state index contributed by atoms with van der Waals surface area (Å²) < 4.78 is 4.94. The third-order valence-corrected chi connectivity index (χ3v) is 3.10. The highest BCUT2D eigenvalue weighted by atomic mass is 16.5. The fraction of sp³-hybridized carbons (Fsp3) is 0.167. The van der Waals surface area contributed by atoms with E-state index in [1.165, 1.54) is 0 Å². The van der Waals surface area contributed by atoms with Gasteiger partial charge >= 0.3 is 5.97 Å². The smallest absolute Gasteiger partial charge is 0.338 e. The molecule has 124 valence electrons. The SMILES string of the molecule is C=CCNC(=O)c1ccnc(Nc2ccc(C(=O)OCC)cc2)c1. The zero-order valence-electron chi connectivity index (χ0n) is 13.4. The summed E-state index contributed by atoms with van der Waals surface area (Å²) in [5.41, 5.74) is 1.73. The highest BCUT2D eigenvalue weighted by molar-refractivity contribution is 5.95. The number of rotatable bonds is 7. The summed E-state index contributed by atoms with van der Waals surface area (Å²) in [5, 5.41) is 5.80. The van der Waals surface area contributed by atoms with E-state index in [2.05, 4.69) is 22.2 Å². The van der Waals surface area contributed by atoms with E-state index in [1.54, 1.807) is 55.6 Å². The van der Waals surface area contributed by atoms with Crippen LogP contribution in [0.5, 0.6) is 0 Å². The van der Waals surface area contributed by atoms with E-state index in [0.717, 1.165) is 5.69 Å². The largest absolute Gasteiger partial charge is 0.462 e. The van der Waals surface area contributed by atoms with Crippen LogP contribution in [-0.4, -0.2) is 30.0 Å². The minimum atomic E-state index is -0.358. The number of ether oxygens (including phenoxy) is 1. The summed E-state index contributed by atoms with van der Waals surface area (Å²) in [6, 6.07) is 10.1. The van der Waals surface area contributed by atoms with Gasteiger partial charge in [-0.2, -0.15) is 0 Å². The first-order chi connectivity index (χ1) is 11.6. The van der Waals surface area contributed by atoms with Crippen molar-refractivity contribution in [1.82, 2.24) is 10.3 Å². The second-order valence-electron chi connectivity index (χ2n) is 4.85. The predicted molar refractivity (Wildman–Crippen MR) is 92.4 cm³/mol. The fourth-order valence-corrected chi connectivity index (χ4v) is 1.96. The van der Waals surface area contributed by atoms with Crippen LogP contribution in [-0.2, 0) is 4.74 Å². The maximum atomic E-state index is 11.9. The topological polar surface area (TPSA) is 80.3 Å². The van der Waals surface area contributed by atoms with Gasteiger partial charge in [0, 0.05) is 24.0 Å². The highest BCUT2D eigenvalue weighted by Crippen LogP contribution is 2.16. The number of carbonyl (C=O) groups excluding carboxylic acids is 2. The molecule has 6 nitrogen and oxygen atoms in total. The van der Waals surface area contributed by atoms with Crippen molar-refractivity contribution in [3.63, 3.8) is 0 Å². The average molecular weight is 325 g/mol. The summed E-state index contributed by atoms with van der Waals surface area (Å²) in [7, 11) is 0. The van der Waals surface area contributed by atoms with Crippen LogP contribution in [0.2, 0.25) is 0 Å². The average Bonchev–Trinajstić information content (AvgIpc) is 2.60. The second-order valence-corrected chi connectivity index (χ2v) is 4.85. The number of nitrogens with zero attached hydrogens (tertiary/aromatic N) is 1. The van der Waals surface area contributed by atoms with Crippen molar-refractivity contribution in [1.29, 1.82) is 0 Å². The van der Waals surface area contributed by atoms with Crippen LogP contribution in [0.3, 0.4) is 0 Å². The van der Waals surface area contributed by atoms with Crippen molar-refractivity contribution in [2.75, 3.05) is 18.5 Å². The normalized spacial score (nSPS) is 9.88. The van der Waals surface area contributed by atoms with Gasteiger partial charge in [-0.1, -0.05) is 6.08 Å². The van der Waals surface area contributed by atoms with Crippen LogP contribution in [0, 0.1) is 0 Å². The Kier molecular flexibility index (Phi) is 6.08. The molecule has 0 atom stereocenters. The van der Waals surface area contributed by atoms with Gasteiger partial charge in [0.05, 0.1) is 12.2 Å². The monoisotopic (exact) mass is 325 g/mol. The van der Waals surface area contributed by atoms with Gasteiger partial charge in [0.2, 0.25) is 0 Å². The van der Waals surface area contributed by atoms with Crippen LogP contribution >= 0.6 is 0 Å². The van der Waals surface area contributed by atoms with Gasteiger partial charge in [0.25, 0.3) is 5.91 Å². The molecule has 24 heavy (non-hydrogen) atoms. The molecule has 0 aliphatic carbocycles. The van der Waals surface area contributed by atoms with E-state index in [-0.39, 0.29) is 11.9 Å².